The van der Waals surface area contributed by atoms with Crippen molar-refractivity contribution >= 4 is 5.91 Å². The summed E-state index contributed by atoms with van der Waals surface area (Å²) < 4.78 is 29.6. The average molecular weight is 382 g/mol. The molecule has 1 aromatic heterocycles. The number of alkyl halides is 1. The number of aromatic nitrogens is 2. The lowest BCUT2D eigenvalue weighted by Crippen LogP contribution is -2.69. The zero-order valence-corrected chi connectivity index (χ0v) is 15.3. The highest BCUT2D eigenvalue weighted by atomic mass is 19.1. The molecular formula is C21H20F2N4O. The van der Waals surface area contributed by atoms with Gasteiger partial charge in [-0.1, -0.05) is 12.1 Å². The van der Waals surface area contributed by atoms with Crippen LogP contribution in [0.25, 0.3) is 0 Å². The number of likely N-dealkylation sites (tertiary alicyclic amines) is 1. The van der Waals surface area contributed by atoms with Gasteiger partial charge in [-0.05, 0) is 42.4 Å². The second-order valence-corrected chi connectivity index (χ2v) is 8.71. The lowest BCUT2D eigenvalue weighted by Gasteiger charge is -2.70. The third-order valence-electron chi connectivity index (χ3n) is 6.60. The Kier molecular flexibility index (Phi) is 3.64. The van der Waals surface area contributed by atoms with E-state index in [0.717, 1.165) is 19.3 Å². The minimum absolute atomic E-state index is 0.00182. The molecule has 2 aromatic rings. The van der Waals surface area contributed by atoms with E-state index in [1.807, 2.05) is 0 Å². The maximum absolute atomic E-state index is 14.2. The molecule has 0 N–H and O–H groups in total. The van der Waals surface area contributed by atoms with Gasteiger partial charge in [-0.15, -0.1) is 0 Å². The maximum Gasteiger partial charge on any atom is 0.229 e. The number of hydrogen-bond acceptors (Lipinski definition) is 3. The average Bonchev–Trinajstić information content (AvgIpc) is 3.22. The summed E-state index contributed by atoms with van der Waals surface area (Å²) in [5.41, 5.74) is 0.843. The van der Waals surface area contributed by atoms with Crippen LogP contribution in [0.3, 0.4) is 0 Å². The molecular weight excluding hydrogens is 362 g/mol. The summed E-state index contributed by atoms with van der Waals surface area (Å²) in [7, 11) is 0. The van der Waals surface area contributed by atoms with Crippen molar-refractivity contribution in [3.05, 3.63) is 53.6 Å². The van der Waals surface area contributed by atoms with E-state index in [-0.39, 0.29) is 30.1 Å². The van der Waals surface area contributed by atoms with E-state index in [1.54, 1.807) is 34.1 Å². The smallest absolute Gasteiger partial charge is 0.229 e. The minimum Gasteiger partial charge on any atom is -0.332 e. The SMILES string of the molecule is N#Cc1cnn(CC23CC(C(=O)N4CC(F)CC4c4cccc(F)c4)(C2)C3)c1. The molecule has 3 aliphatic carbocycles. The van der Waals surface area contributed by atoms with E-state index in [1.165, 1.54) is 12.1 Å². The molecule has 144 valence electrons. The van der Waals surface area contributed by atoms with Crippen LogP contribution in [0.2, 0.25) is 0 Å². The number of benzene rings is 1. The fraction of sp³-hybridized carbons (Fsp3) is 0.476. The van der Waals surface area contributed by atoms with E-state index in [0.29, 0.717) is 17.7 Å². The number of halogens is 2. The second kappa shape index (κ2) is 5.87. The molecule has 1 aliphatic heterocycles. The molecule has 7 heteroatoms. The van der Waals surface area contributed by atoms with E-state index in [9.17, 15) is 13.6 Å². The van der Waals surface area contributed by atoms with Gasteiger partial charge < -0.3 is 4.90 Å². The summed E-state index contributed by atoms with van der Waals surface area (Å²) in [6.07, 6.45) is 4.72. The molecule has 4 fully saturated rings. The number of rotatable bonds is 4. The molecule has 2 heterocycles. The molecule has 1 aromatic carbocycles. The van der Waals surface area contributed by atoms with E-state index in [4.69, 9.17) is 5.26 Å². The summed E-state index contributed by atoms with van der Waals surface area (Å²) in [5.74, 6) is -0.366. The predicted molar refractivity (Wildman–Crippen MR) is 96.0 cm³/mol. The van der Waals surface area contributed by atoms with Crippen LogP contribution in [0.5, 0.6) is 0 Å². The Morgan fingerprint density at radius 3 is 2.82 bits per heavy atom. The molecule has 2 unspecified atom stereocenters. The van der Waals surface area contributed by atoms with Crippen molar-refractivity contribution in [1.82, 2.24) is 14.7 Å². The number of nitrogens with zero attached hydrogens (tertiary/aromatic N) is 4. The Morgan fingerprint density at radius 2 is 2.14 bits per heavy atom. The summed E-state index contributed by atoms with van der Waals surface area (Å²) >= 11 is 0. The van der Waals surface area contributed by atoms with Gasteiger partial charge >= 0.3 is 0 Å². The first-order valence-electron chi connectivity index (χ1n) is 9.55. The Morgan fingerprint density at radius 1 is 1.36 bits per heavy atom. The zero-order chi connectivity index (χ0) is 19.5. The van der Waals surface area contributed by atoms with Crippen LogP contribution in [0.1, 0.15) is 42.9 Å². The summed E-state index contributed by atoms with van der Waals surface area (Å²) in [4.78, 5) is 14.9. The van der Waals surface area contributed by atoms with Crippen LogP contribution in [0, 0.1) is 28.0 Å². The Labute approximate surface area is 161 Å². The monoisotopic (exact) mass is 382 g/mol. The lowest BCUT2D eigenvalue weighted by atomic mass is 9.34. The van der Waals surface area contributed by atoms with Gasteiger partial charge in [-0.25, -0.2) is 8.78 Å². The van der Waals surface area contributed by atoms with Crippen LogP contribution in [-0.4, -0.2) is 33.3 Å². The van der Waals surface area contributed by atoms with Gasteiger partial charge in [0.25, 0.3) is 0 Å². The highest BCUT2D eigenvalue weighted by Crippen LogP contribution is 2.74. The van der Waals surface area contributed by atoms with Crippen molar-refractivity contribution in [2.75, 3.05) is 6.54 Å². The molecule has 2 atom stereocenters. The predicted octanol–water partition coefficient (Wildman–Crippen LogP) is 3.38. The summed E-state index contributed by atoms with van der Waals surface area (Å²) in [6, 6.07) is 7.80. The highest BCUT2D eigenvalue weighted by Gasteiger charge is 2.72. The van der Waals surface area contributed by atoms with Gasteiger partial charge in [0.1, 0.15) is 18.1 Å². The van der Waals surface area contributed by atoms with Gasteiger partial charge in [0.2, 0.25) is 5.91 Å². The quantitative estimate of drug-likeness (QED) is 0.815. The maximum atomic E-state index is 14.2. The first-order chi connectivity index (χ1) is 13.4. The third kappa shape index (κ3) is 2.55. The second-order valence-electron chi connectivity index (χ2n) is 8.71. The van der Waals surface area contributed by atoms with Crippen molar-refractivity contribution in [2.24, 2.45) is 10.8 Å². The van der Waals surface area contributed by atoms with Crippen LogP contribution < -0.4 is 0 Å². The van der Waals surface area contributed by atoms with E-state index < -0.39 is 17.6 Å². The minimum atomic E-state index is -1.08. The number of carbonyl (C=O) groups excluding carboxylic acids is 1. The number of hydrogen-bond donors (Lipinski definition) is 0. The van der Waals surface area contributed by atoms with Crippen LogP contribution in [0.15, 0.2) is 36.7 Å². The van der Waals surface area contributed by atoms with Crippen LogP contribution >= 0.6 is 0 Å². The van der Waals surface area contributed by atoms with Gasteiger partial charge in [0.05, 0.1) is 29.8 Å². The Bertz CT molecular complexity index is 975. The summed E-state index contributed by atoms with van der Waals surface area (Å²) in [5, 5.41) is 13.1. The molecule has 1 saturated heterocycles. The molecule has 3 saturated carbocycles. The topological polar surface area (TPSA) is 61.9 Å². The molecule has 5 nitrogen and oxygen atoms in total. The largest absolute Gasteiger partial charge is 0.332 e. The lowest BCUT2D eigenvalue weighted by molar-refractivity contribution is -0.223. The molecule has 2 bridgehead atoms. The number of amides is 1. The first-order valence-corrected chi connectivity index (χ1v) is 9.55. The van der Waals surface area contributed by atoms with E-state index >= 15 is 0 Å². The number of nitriles is 1. The molecule has 1 amide bonds. The van der Waals surface area contributed by atoms with Crippen molar-refractivity contribution in [1.29, 1.82) is 5.26 Å². The van der Waals surface area contributed by atoms with E-state index in [2.05, 4.69) is 11.2 Å². The van der Waals surface area contributed by atoms with Crippen molar-refractivity contribution in [3.63, 3.8) is 0 Å². The van der Waals surface area contributed by atoms with Crippen molar-refractivity contribution < 1.29 is 13.6 Å². The van der Waals surface area contributed by atoms with Crippen LogP contribution in [0.4, 0.5) is 8.78 Å². The van der Waals surface area contributed by atoms with Crippen molar-refractivity contribution in [2.45, 2.75) is 44.4 Å². The Hall–Kier alpha value is -2.75. The molecule has 0 spiro atoms. The van der Waals surface area contributed by atoms with Gasteiger partial charge in [-0.3, -0.25) is 9.48 Å². The summed E-state index contributed by atoms with van der Waals surface area (Å²) in [6.45, 7) is 0.780. The van der Waals surface area contributed by atoms with Crippen molar-refractivity contribution in [3.8, 4) is 6.07 Å². The fourth-order valence-electron chi connectivity index (χ4n) is 5.59. The van der Waals surface area contributed by atoms with Crippen LogP contribution in [-0.2, 0) is 11.3 Å². The van der Waals surface area contributed by atoms with Gasteiger partial charge in [0, 0.05) is 19.2 Å². The molecule has 0 radical (unpaired) electrons. The van der Waals surface area contributed by atoms with Gasteiger partial charge in [-0.2, -0.15) is 10.4 Å². The highest BCUT2D eigenvalue weighted by molar-refractivity contribution is 5.87. The Balaban J connectivity index is 1.29. The standard InChI is InChI=1S/C21H20F2N4O/c22-16-3-1-2-15(4-16)18-5-17(23)9-27(18)19(28)21-10-20(11-21,12-21)13-26-8-14(6-24)7-25-26/h1-4,7-8,17-18H,5,9-13H2. The fourth-order valence-corrected chi connectivity index (χ4v) is 5.59. The zero-order valence-electron chi connectivity index (χ0n) is 15.3. The van der Waals surface area contributed by atoms with Gasteiger partial charge in [0.15, 0.2) is 0 Å². The molecule has 28 heavy (non-hydrogen) atoms. The molecule has 6 rings (SSSR count). The number of carbonyl (C=O) groups is 1. The molecule has 4 aliphatic rings. The normalized spacial score (nSPS) is 33.1. The third-order valence-corrected chi connectivity index (χ3v) is 6.60. The first kappa shape index (κ1) is 17.4.